The zero-order valence-corrected chi connectivity index (χ0v) is 8.91. The standard InChI is InChI=1S/C10H12FNO2S/c11-8-5-6-12(7-8)15-14-10-3-1-9(13)2-4-10/h1-4,8,13H,5-7H2. The molecular weight excluding hydrogens is 217 g/mol. The number of hydrogen-bond acceptors (Lipinski definition) is 4. The van der Waals surface area contributed by atoms with Crippen LogP contribution in [0, 0.1) is 0 Å². The van der Waals surface area contributed by atoms with Crippen molar-refractivity contribution in [3.05, 3.63) is 24.3 Å². The van der Waals surface area contributed by atoms with Crippen LogP contribution in [0.4, 0.5) is 4.39 Å². The van der Waals surface area contributed by atoms with Crippen molar-refractivity contribution in [1.82, 2.24) is 4.31 Å². The molecule has 0 radical (unpaired) electrons. The molecule has 0 aliphatic carbocycles. The van der Waals surface area contributed by atoms with Crippen molar-refractivity contribution in [2.24, 2.45) is 0 Å². The Morgan fingerprint density at radius 2 is 2.13 bits per heavy atom. The lowest BCUT2D eigenvalue weighted by atomic mass is 10.3. The zero-order valence-electron chi connectivity index (χ0n) is 8.10. The van der Waals surface area contributed by atoms with E-state index in [0.717, 1.165) is 12.2 Å². The van der Waals surface area contributed by atoms with E-state index in [-0.39, 0.29) is 5.75 Å². The summed E-state index contributed by atoms with van der Waals surface area (Å²) in [6.45, 7) is 1.13. The van der Waals surface area contributed by atoms with Crippen molar-refractivity contribution in [2.75, 3.05) is 13.1 Å². The molecule has 5 heteroatoms. The maximum Gasteiger partial charge on any atom is 0.146 e. The minimum atomic E-state index is -0.735. The number of phenolic OH excluding ortho intramolecular Hbond substituents is 1. The fourth-order valence-corrected chi connectivity index (χ4v) is 2.06. The van der Waals surface area contributed by atoms with Crippen LogP contribution in [0.5, 0.6) is 11.5 Å². The Hall–Kier alpha value is -0.940. The maximum atomic E-state index is 12.8. The predicted octanol–water partition coefficient (Wildman–Crippen LogP) is 2.38. The highest BCUT2D eigenvalue weighted by atomic mass is 32.2. The molecule has 1 fully saturated rings. The SMILES string of the molecule is Oc1ccc(OSN2CCC(F)C2)cc1. The molecule has 1 aromatic carbocycles. The fraction of sp³-hybridized carbons (Fsp3) is 0.400. The van der Waals surface area contributed by atoms with Gasteiger partial charge in [0, 0.05) is 13.1 Å². The molecule has 1 atom stereocenters. The largest absolute Gasteiger partial charge is 0.508 e. The molecule has 0 amide bonds. The van der Waals surface area contributed by atoms with E-state index in [0.29, 0.717) is 25.3 Å². The van der Waals surface area contributed by atoms with Crippen molar-refractivity contribution < 1.29 is 13.7 Å². The Morgan fingerprint density at radius 1 is 1.40 bits per heavy atom. The summed E-state index contributed by atoms with van der Waals surface area (Å²) >= 11 is 1.16. The normalized spacial score (nSPS) is 21.8. The van der Waals surface area contributed by atoms with Gasteiger partial charge in [-0.2, -0.15) is 0 Å². The van der Waals surface area contributed by atoms with Gasteiger partial charge >= 0.3 is 0 Å². The van der Waals surface area contributed by atoms with Crippen LogP contribution in [-0.2, 0) is 0 Å². The number of aromatic hydroxyl groups is 1. The number of rotatable bonds is 3. The number of phenols is 1. The van der Waals surface area contributed by atoms with Crippen LogP contribution < -0.4 is 4.18 Å². The van der Waals surface area contributed by atoms with E-state index in [9.17, 15) is 4.39 Å². The van der Waals surface area contributed by atoms with E-state index in [2.05, 4.69) is 0 Å². The Balaban J connectivity index is 1.80. The summed E-state index contributed by atoms with van der Waals surface area (Å²) in [6.07, 6.45) is -0.160. The van der Waals surface area contributed by atoms with Crippen LogP contribution >= 0.6 is 12.2 Å². The minimum Gasteiger partial charge on any atom is -0.508 e. The van der Waals surface area contributed by atoms with E-state index >= 15 is 0 Å². The maximum absolute atomic E-state index is 12.8. The second kappa shape index (κ2) is 4.72. The van der Waals surface area contributed by atoms with Gasteiger partial charge in [0.05, 0.1) is 0 Å². The molecule has 1 aromatic rings. The van der Waals surface area contributed by atoms with Gasteiger partial charge in [-0.3, -0.25) is 0 Å². The van der Waals surface area contributed by atoms with Gasteiger partial charge in [-0.1, -0.05) is 0 Å². The first-order valence-electron chi connectivity index (χ1n) is 4.77. The first kappa shape index (κ1) is 10.6. The number of hydrogen-bond donors (Lipinski definition) is 1. The molecule has 1 unspecified atom stereocenters. The monoisotopic (exact) mass is 229 g/mol. The molecule has 0 spiro atoms. The molecule has 0 aromatic heterocycles. The molecule has 1 aliphatic rings. The van der Waals surface area contributed by atoms with Crippen molar-refractivity contribution in [3.8, 4) is 11.5 Å². The highest BCUT2D eigenvalue weighted by Gasteiger charge is 2.23. The van der Waals surface area contributed by atoms with Gasteiger partial charge in [-0.15, -0.1) is 0 Å². The first-order valence-corrected chi connectivity index (χ1v) is 5.46. The third kappa shape index (κ3) is 3.00. The Morgan fingerprint density at radius 3 is 2.73 bits per heavy atom. The topological polar surface area (TPSA) is 32.7 Å². The van der Waals surface area contributed by atoms with Gasteiger partial charge in [0.25, 0.3) is 0 Å². The van der Waals surface area contributed by atoms with Gasteiger partial charge in [-0.05, 0) is 30.7 Å². The molecule has 15 heavy (non-hydrogen) atoms. The van der Waals surface area contributed by atoms with Crippen molar-refractivity contribution in [3.63, 3.8) is 0 Å². The van der Waals surface area contributed by atoms with E-state index in [4.69, 9.17) is 9.29 Å². The molecule has 1 saturated heterocycles. The Bertz CT molecular complexity index is 320. The second-order valence-corrected chi connectivity index (χ2v) is 4.26. The lowest BCUT2D eigenvalue weighted by Crippen LogP contribution is -2.13. The highest BCUT2D eigenvalue weighted by Crippen LogP contribution is 2.25. The summed E-state index contributed by atoms with van der Waals surface area (Å²) in [5, 5.41) is 9.05. The molecule has 0 saturated carbocycles. The van der Waals surface area contributed by atoms with Crippen molar-refractivity contribution in [1.29, 1.82) is 0 Å². The van der Waals surface area contributed by atoms with Crippen LogP contribution in [0.1, 0.15) is 6.42 Å². The minimum absolute atomic E-state index is 0.206. The molecule has 1 N–H and O–H groups in total. The van der Waals surface area contributed by atoms with Crippen LogP contribution in [-0.4, -0.2) is 28.7 Å². The average Bonchev–Trinajstić information content (AvgIpc) is 2.64. The lowest BCUT2D eigenvalue weighted by Gasteiger charge is -2.12. The quantitative estimate of drug-likeness (QED) is 0.637. The summed E-state index contributed by atoms with van der Waals surface area (Å²) in [5.41, 5.74) is 0. The zero-order chi connectivity index (χ0) is 10.7. The number of nitrogens with zero attached hydrogens (tertiary/aromatic N) is 1. The number of alkyl halides is 1. The van der Waals surface area contributed by atoms with Crippen LogP contribution in [0.3, 0.4) is 0 Å². The first-order chi connectivity index (χ1) is 7.24. The number of benzene rings is 1. The summed E-state index contributed by atoms with van der Waals surface area (Å²) in [6, 6.07) is 6.45. The summed E-state index contributed by atoms with van der Waals surface area (Å²) in [4.78, 5) is 0. The third-order valence-electron chi connectivity index (χ3n) is 2.17. The molecular formula is C10H12FNO2S. The highest BCUT2D eigenvalue weighted by molar-refractivity contribution is 7.92. The van der Waals surface area contributed by atoms with Gasteiger partial charge in [0.1, 0.15) is 29.9 Å². The fourth-order valence-electron chi connectivity index (χ4n) is 1.35. The smallest absolute Gasteiger partial charge is 0.146 e. The molecule has 2 rings (SSSR count). The van der Waals surface area contributed by atoms with Crippen molar-refractivity contribution >= 4 is 12.2 Å². The second-order valence-electron chi connectivity index (χ2n) is 3.43. The molecule has 3 nitrogen and oxygen atoms in total. The summed E-state index contributed by atoms with van der Waals surface area (Å²) in [7, 11) is 0. The van der Waals surface area contributed by atoms with E-state index in [1.165, 1.54) is 0 Å². The third-order valence-corrected chi connectivity index (χ3v) is 2.98. The molecule has 1 heterocycles. The van der Waals surface area contributed by atoms with Crippen LogP contribution in [0.2, 0.25) is 0 Å². The van der Waals surface area contributed by atoms with E-state index in [1.807, 2.05) is 4.31 Å². The summed E-state index contributed by atoms with van der Waals surface area (Å²) < 4.78 is 20.0. The van der Waals surface area contributed by atoms with Gasteiger partial charge in [-0.25, -0.2) is 8.70 Å². The van der Waals surface area contributed by atoms with Crippen LogP contribution in [0.15, 0.2) is 24.3 Å². The summed E-state index contributed by atoms with van der Waals surface area (Å²) in [5.74, 6) is 0.859. The van der Waals surface area contributed by atoms with E-state index < -0.39 is 6.17 Å². The van der Waals surface area contributed by atoms with Gasteiger partial charge in [0.2, 0.25) is 0 Å². The molecule has 1 aliphatic heterocycles. The van der Waals surface area contributed by atoms with E-state index in [1.54, 1.807) is 24.3 Å². The van der Waals surface area contributed by atoms with Gasteiger partial charge in [0.15, 0.2) is 0 Å². The Kier molecular flexibility index (Phi) is 3.33. The molecule has 0 bridgehead atoms. The number of halogens is 1. The predicted molar refractivity (Wildman–Crippen MR) is 57.4 cm³/mol. The van der Waals surface area contributed by atoms with Crippen molar-refractivity contribution in [2.45, 2.75) is 12.6 Å². The van der Waals surface area contributed by atoms with Crippen LogP contribution in [0.25, 0.3) is 0 Å². The molecule has 82 valence electrons. The Labute approximate surface area is 92.2 Å². The van der Waals surface area contributed by atoms with Gasteiger partial charge < -0.3 is 9.29 Å². The average molecular weight is 229 g/mol. The lowest BCUT2D eigenvalue weighted by molar-refractivity contribution is 0.346.